The Morgan fingerprint density at radius 3 is 1.54 bits per heavy atom. The molecule has 0 saturated heterocycles. The van der Waals surface area contributed by atoms with Crippen molar-refractivity contribution in [2.75, 3.05) is 0 Å². The normalized spacial score (nSPS) is 14.6. The van der Waals surface area contributed by atoms with Gasteiger partial charge >= 0.3 is 0 Å². The summed E-state index contributed by atoms with van der Waals surface area (Å²) in [5, 5.41) is -0.172. The predicted octanol–water partition coefficient (Wildman–Crippen LogP) is 9.50. The summed E-state index contributed by atoms with van der Waals surface area (Å²) in [6.07, 6.45) is 8.76. The number of hydrogen-bond donors (Lipinski definition) is 0. The molecule has 5 heteroatoms. The fourth-order valence-electron chi connectivity index (χ4n) is 5.67. The van der Waals surface area contributed by atoms with E-state index in [0.717, 1.165) is 29.1 Å². The van der Waals surface area contributed by atoms with Crippen molar-refractivity contribution in [3.8, 4) is 11.4 Å². The number of aryl methyl sites for hydroxylation is 3. The van der Waals surface area contributed by atoms with Crippen molar-refractivity contribution < 1.29 is 9.59 Å². The van der Waals surface area contributed by atoms with E-state index in [1.165, 1.54) is 55.6 Å². The van der Waals surface area contributed by atoms with Crippen molar-refractivity contribution in [1.82, 2.24) is 9.13 Å². The first-order chi connectivity index (χ1) is 19.7. The minimum Gasteiger partial charge on any atom is -0.319 e. The highest BCUT2D eigenvalue weighted by Crippen LogP contribution is 2.32. The van der Waals surface area contributed by atoms with Gasteiger partial charge in [0, 0.05) is 52.6 Å². The van der Waals surface area contributed by atoms with Crippen molar-refractivity contribution in [2.45, 2.75) is 79.1 Å². The van der Waals surface area contributed by atoms with Gasteiger partial charge in [-0.3, -0.25) is 9.59 Å². The molecule has 0 unspecified atom stereocenters. The first kappa shape index (κ1) is 30.6. The van der Waals surface area contributed by atoms with Gasteiger partial charge in [-0.05, 0) is 106 Å². The maximum absolute atomic E-state index is 12.5. The van der Waals surface area contributed by atoms with Crippen LogP contribution in [0.1, 0.15) is 84.5 Å². The van der Waals surface area contributed by atoms with Gasteiger partial charge in [0.2, 0.25) is 5.24 Å². The van der Waals surface area contributed by atoms with Crippen LogP contribution in [-0.4, -0.2) is 20.2 Å². The van der Waals surface area contributed by atoms with Gasteiger partial charge in [0.05, 0.1) is 0 Å². The molecular formula is C36H43ClN2O2. The highest BCUT2D eigenvalue weighted by Gasteiger charge is 2.24. The largest absolute Gasteiger partial charge is 0.319 e. The highest BCUT2D eigenvalue weighted by molar-refractivity contribution is 6.63. The summed E-state index contributed by atoms with van der Waals surface area (Å²) in [7, 11) is 0. The van der Waals surface area contributed by atoms with Crippen LogP contribution in [0.5, 0.6) is 0 Å². The van der Waals surface area contributed by atoms with Crippen molar-refractivity contribution >= 4 is 22.6 Å². The first-order valence-corrected chi connectivity index (χ1v) is 15.3. The predicted molar refractivity (Wildman–Crippen MR) is 170 cm³/mol. The van der Waals surface area contributed by atoms with Crippen molar-refractivity contribution in [3.05, 3.63) is 107 Å². The number of halogens is 1. The maximum Gasteiger partial charge on any atom is 0.221 e. The number of rotatable bonds is 7. The lowest BCUT2D eigenvalue weighted by Crippen LogP contribution is -2.16. The van der Waals surface area contributed by atoms with Gasteiger partial charge in [0.1, 0.15) is 0 Å². The number of Topliss-reactive ketones (excluding diaryl/α,β-unsaturated/α-hetero) is 1. The lowest BCUT2D eigenvalue weighted by atomic mass is 9.81. The Balaban J connectivity index is 0.000000158. The van der Waals surface area contributed by atoms with Gasteiger partial charge in [-0.15, -0.1) is 0 Å². The lowest BCUT2D eigenvalue weighted by Gasteiger charge is -2.24. The molecule has 4 nitrogen and oxygen atoms in total. The fraction of sp³-hybridized carbons (Fsp3) is 0.389. The van der Waals surface area contributed by atoms with E-state index in [-0.39, 0.29) is 5.24 Å². The molecule has 0 aliphatic heterocycles. The van der Waals surface area contributed by atoms with Crippen molar-refractivity contribution in [2.24, 2.45) is 11.8 Å². The average Bonchev–Trinajstić information content (AvgIpc) is 3.42. The molecule has 0 amide bonds. The molecule has 2 fully saturated rings. The number of ketones is 1. The van der Waals surface area contributed by atoms with Crippen LogP contribution in [0.3, 0.4) is 0 Å². The summed E-state index contributed by atoms with van der Waals surface area (Å²) in [5.41, 5.74) is 8.03. The molecule has 6 rings (SSSR count). The van der Waals surface area contributed by atoms with E-state index in [1.54, 1.807) is 0 Å². The van der Waals surface area contributed by atoms with Gasteiger partial charge in [-0.1, -0.05) is 62.1 Å². The van der Waals surface area contributed by atoms with Crippen LogP contribution < -0.4 is 0 Å². The molecule has 2 aliphatic rings. The minimum atomic E-state index is -0.172. The molecule has 216 valence electrons. The topological polar surface area (TPSA) is 44.0 Å². The number of hydrogen-bond acceptors (Lipinski definition) is 2. The van der Waals surface area contributed by atoms with Crippen molar-refractivity contribution in [1.29, 1.82) is 0 Å². The van der Waals surface area contributed by atoms with Crippen LogP contribution in [0.2, 0.25) is 0 Å². The number of carbonyl (C=O) groups excluding carboxylic acids is 2. The molecule has 41 heavy (non-hydrogen) atoms. The van der Waals surface area contributed by atoms with Crippen LogP contribution >= 0.6 is 11.6 Å². The summed E-state index contributed by atoms with van der Waals surface area (Å²) in [6, 6.07) is 27.0. The molecule has 0 spiro atoms. The number of carbonyl (C=O) groups is 2. The Labute approximate surface area is 250 Å². The fourth-order valence-corrected chi connectivity index (χ4v) is 5.88. The van der Waals surface area contributed by atoms with Gasteiger partial charge in [-0.2, -0.15) is 0 Å². The van der Waals surface area contributed by atoms with E-state index in [0.29, 0.717) is 24.0 Å². The van der Waals surface area contributed by atoms with Crippen LogP contribution in [0.15, 0.2) is 78.9 Å². The Bertz CT molecular complexity index is 1410. The first-order valence-electron chi connectivity index (χ1n) is 14.9. The summed E-state index contributed by atoms with van der Waals surface area (Å²) >= 11 is 5.15. The molecule has 4 aromatic rings. The zero-order valence-corrected chi connectivity index (χ0v) is 25.7. The van der Waals surface area contributed by atoms with Gasteiger partial charge < -0.3 is 9.13 Å². The summed E-state index contributed by atoms with van der Waals surface area (Å²) in [5.74, 6) is 1.56. The number of para-hydroxylation sites is 2. The molecule has 2 heterocycles. The third kappa shape index (κ3) is 8.10. The second-order valence-electron chi connectivity index (χ2n) is 11.5. The van der Waals surface area contributed by atoms with E-state index in [9.17, 15) is 9.59 Å². The van der Waals surface area contributed by atoms with E-state index >= 15 is 0 Å². The average molecular weight is 571 g/mol. The van der Waals surface area contributed by atoms with E-state index in [2.05, 4.69) is 78.4 Å². The molecular weight excluding hydrogens is 528 g/mol. The molecule has 2 aromatic carbocycles. The molecule has 0 bridgehead atoms. The highest BCUT2D eigenvalue weighted by atomic mass is 35.5. The maximum atomic E-state index is 12.5. The van der Waals surface area contributed by atoms with Crippen LogP contribution in [-0.2, 0) is 4.79 Å². The second kappa shape index (κ2) is 14.5. The molecule has 0 radical (unpaired) electrons. The van der Waals surface area contributed by atoms with Crippen LogP contribution in [0.4, 0.5) is 0 Å². The van der Waals surface area contributed by atoms with E-state index in [4.69, 9.17) is 11.6 Å². The van der Waals surface area contributed by atoms with Gasteiger partial charge in [0.15, 0.2) is 5.78 Å². The quantitative estimate of drug-likeness (QED) is 0.164. The molecule has 2 aromatic heterocycles. The summed E-state index contributed by atoms with van der Waals surface area (Å²) < 4.78 is 4.42. The second-order valence-corrected chi connectivity index (χ2v) is 11.9. The monoisotopic (exact) mass is 570 g/mol. The van der Waals surface area contributed by atoms with E-state index in [1.807, 2.05) is 37.3 Å². The van der Waals surface area contributed by atoms with Gasteiger partial charge in [-0.25, -0.2) is 0 Å². The summed E-state index contributed by atoms with van der Waals surface area (Å²) in [4.78, 5) is 22.7. The third-order valence-electron chi connectivity index (χ3n) is 8.40. The van der Waals surface area contributed by atoms with Crippen molar-refractivity contribution in [3.63, 3.8) is 0 Å². The molecule has 0 atom stereocenters. The minimum absolute atomic E-state index is 0.172. The Morgan fingerprint density at radius 1 is 0.659 bits per heavy atom. The zero-order valence-electron chi connectivity index (χ0n) is 24.9. The number of benzene rings is 2. The Kier molecular flexibility index (Phi) is 10.8. The van der Waals surface area contributed by atoms with Crippen LogP contribution in [0, 0.1) is 39.5 Å². The Hall–Kier alpha value is -3.37. The lowest BCUT2D eigenvalue weighted by molar-refractivity contribution is -0.113. The summed E-state index contributed by atoms with van der Waals surface area (Å²) in [6.45, 7) is 8.37. The van der Waals surface area contributed by atoms with Crippen LogP contribution in [0.25, 0.3) is 11.4 Å². The third-order valence-corrected chi connectivity index (χ3v) is 8.56. The smallest absolute Gasteiger partial charge is 0.221 e. The molecule has 2 aliphatic carbocycles. The van der Waals surface area contributed by atoms with E-state index < -0.39 is 0 Å². The SMILES string of the molecule is Cc1cc(C(=O)CC2CCC2)c(C)n1-c1ccccc1.Cc1ccc(C)n1-c1ccccc1.O=C(Cl)CC1CCC1. The molecule has 0 N–H and O–H groups in total. The number of nitrogens with zero attached hydrogens (tertiary/aromatic N) is 2. The molecule has 2 saturated carbocycles. The number of aromatic nitrogens is 2. The Morgan fingerprint density at radius 2 is 1.12 bits per heavy atom. The standard InChI is InChI=1S/C18H21NO.C12H13N.C6H9ClO/c1-13-11-17(18(20)12-15-7-6-8-15)14(2)19(13)16-9-4-3-5-10-16;1-10-8-9-11(2)13(10)12-6-4-3-5-7-12;7-6(8)4-5-2-1-3-5/h3-5,9-11,15H,6-8,12H2,1-2H3;3-9H,1-2H3;5H,1-4H2. The van der Waals surface area contributed by atoms with Gasteiger partial charge in [0.25, 0.3) is 0 Å². The zero-order chi connectivity index (χ0) is 29.4.